The minimum atomic E-state index is -0.134. The van der Waals surface area contributed by atoms with Crippen LogP contribution >= 0.6 is 0 Å². The molecule has 116 valence electrons. The van der Waals surface area contributed by atoms with Gasteiger partial charge < -0.3 is 19.4 Å². The Labute approximate surface area is 129 Å². The summed E-state index contributed by atoms with van der Waals surface area (Å²) in [5.74, 6) is 0.782. The van der Waals surface area contributed by atoms with Crippen LogP contribution in [-0.4, -0.2) is 41.8 Å². The average Bonchev–Trinajstić information content (AvgIpc) is 2.97. The molecule has 6 heteroatoms. The lowest BCUT2D eigenvalue weighted by Crippen LogP contribution is -2.40. The van der Waals surface area contributed by atoms with Crippen LogP contribution in [0, 0.1) is 0 Å². The molecular formula is C16H19N3O3. The molecule has 3 rings (SSSR count). The summed E-state index contributed by atoms with van der Waals surface area (Å²) < 4.78 is 12.7. The highest BCUT2D eigenvalue weighted by atomic mass is 16.5. The Morgan fingerprint density at radius 2 is 2.27 bits per heavy atom. The van der Waals surface area contributed by atoms with Gasteiger partial charge in [0.25, 0.3) is 0 Å². The van der Waals surface area contributed by atoms with Gasteiger partial charge in [-0.25, -0.2) is 4.98 Å². The summed E-state index contributed by atoms with van der Waals surface area (Å²) in [6.07, 6.45) is 1.81. The van der Waals surface area contributed by atoms with Gasteiger partial charge in [-0.2, -0.15) is 0 Å². The van der Waals surface area contributed by atoms with Crippen molar-refractivity contribution in [3.05, 3.63) is 42.4 Å². The van der Waals surface area contributed by atoms with E-state index in [1.807, 2.05) is 24.4 Å². The van der Waals surface area contributed by atoms with Crippen LogP contribution < -0.4 is 5.32 Å². The van der Waals surface area contributed by atoms with E-state index in [9.17, 15) is 4.79 Å². The van der Waals surface area contributed by atoms with Crippen LogP contribution in [0.15, 0.2) is 36.5 Å². The molecule has 1 unspecified atom stereocenters. The highest BCUT2D eigenvalue weighted by Gasteiger charge is 2.23. The predicted molar refractivity (Wildman–Crippen MR) is 81.1 cm³/mol. The Morgan fingerprint density at radius 1 is 1.45 bits per heavy atom. The molecule has 0 fully saturated rings. The number of benzene rings is 1. The van der Waals surface area contributed by atoms with Gasteiger partial charge in [0.15, 0.2) is 0 Å². The molecule has 1 aliphatic heterocycles. The standard InChI is InChI=1S/C16H19N3O3/c1-21-11-16(20)18-7-13-9-19-14(8-17-15(19)10-22-13)12-5-3-2-4-6-12/h2-6,8,13H,7,9-11H2,1H3,(H,18,20). The topological polar surface area (TPSA) is 65.4 Å². The van der Waals surface area contributed by atoms with Gasteiger partial charge in [0.2, 0.25) is 5.91 Å². The average molecular weight is 301 g/mol. The van der Waals surface area contributed by atoms with Crippen LogP contribution in [0.25, 0.3) is 11.3 Å². The van der Waals surface area contributed by atoms with Crippen LogP contribution in [0.2, 0.25) is 0 Å². The highest BCUT2D eigenvalue weighted by molar-refractivity contribution is 5.77. The zero-order valence-corrected chi connectivity index (χ0v) is 12.5. The zero-order chi connectivity index (χ0) is 15.4. The molecule has 1 aliphatic rings. The molecule has 22 heavy (non-hydrogen) atoms. The number of methoxy groups -OCH3 is 1. The normalized spacial score (nSPS) is 17.0. The highest BCUT2D eigenvalue weighted by Crippen LogP contribution is 2.24. The number of imidazole rings is 1. The van der Waals surface area contributed by atoms with Gasteiger partial charge >= 0.3 is 0 Å². The van der Waals surface area contributed by atoms with Crippen LogP contribution in [-0.2, 0) is 27.4 Å². The maximum atomic E-state index is 11.5. The Morgan fingerprint density at radius 3 is 3.05 bits per heavy atom. The van der Waals surface area contributed by atoms with E-state index >= 15 is 0 Å². The Balaban J connectivity index is 1.70. The van der Waals surface area contributed by atoms with Gasteiger partial charge in [0, 0.05) is 13.7 Å². The van der Waals surface area contributed by atoms with E-state index in [1.165, 1.54) is 7.11 Å². The minimum Gasteiger partial charge on any atom is -0.375 e. The van der Waals surface area contributed by atoms with Gasteiger partial charge in [0.1, 0.15) is 19.0 Å². The Hall–Kier alpha value is -2.18. The van der Waals surface area contributed by atoms with Crippen LogP contribution in [0.5, 0.6) is 0 Å². The molecule has 0 aliphatic carbocycles. The third-order valence-electron chi connectivity index (χ3n) is 3.64. The second-order valence-corrected chi connectivity index (χ2v) is 5.21. The number of carbonyl (C=O) groups excluding carboxylic acids is 1. The molecule has 1 aromatic carbocycles. The molecule has 0 bridgehead atoms. The van der Waals surface area contributed by atoms with E-state index in [-0.39, 0.29) is 18.6 Å². The van der Waals surface area contributed by atoms with Gasteiger partial charge in [-0.05, 0) is 5.56 Å². The molecule has 0 radical (unpaired) electrons. The second kappa shape index (κ2) is 6.72. The Bertz CT molecular complexity index is 639. The smallest absolute Gasteiger partial charge is 0.246 e. The number of aromatic nitrogens is 2. The number of amides is 1. The lowest BCUT2D eigenvalue weighted by atomic mass is 10.1. The zero-order valence-electron chi connectivity index (χ0n) is 12.5. The van der Waals surface area contributed by atoms with Crippen LogP contribution in [0.3, 0.4) is 0 Å². The Kier molecular flexibility index (Phi) is 4.50. The molecule has 1 N–H and O–H groups in total. The van der Waals surface area contributed by atoms with Gasteiger partial charge in [-0.1, -0.05) is 30.3 Å². The van der Waals surface area contributed by atoms with E-state index in [0.717, 1.165) is 17.1 Å². The third kappa shape index (κ3) is 3.18. The lowest BCUT2D eigenvalue weighted by molar-refractivity contribution is -0.125. The number of ether oxygens (including phenoxy) is 2. The van der Waals surface area contributed by atoms with Crippen molar-refractivity contribution in [3.63, 3.8) is 0 Å². The first-order valence-corrected chi connectivity index (χ1v) is 7.25. The third-order valence-corrected chi connectivity index (χ3v) is 3.64. The molecule has 0 spiro atoms. The number of hydrogen-bond donors (Lipinski definition) is 1. The SMILES string of the molecule is COCC(=O)NCC1Cn2c(-c3ccccc3)cnc2CO1. The first-order chi connectivity index (χ1) is 10.8. The summed E-state index contributed by atoms with van der Waals surface area (Å²) in [5, 5.41) is 2.81. The van der Waals surface area contributed by atoms with Crippen molar-refractivity contribution in [2.24, 2.45) is 0 Å². The van der Waals surface area contributed by atoms with Crippen molar-refractivity contribution in [1.82, 2.24) is 14.9 Å². The molecule has 1 amide bonds. The maximum Gasteiger partial charge on any atom is 0.246 e. The number of fused-ring (bicyclic) bond motifs is 1. The van der Waals surface area contributed by atoms with E-state index in [0.29, 0.717) is 19.7 Å². The minimum absolute atomic E-state index is 0.0648. The molecule has 6 nitrogen and oxygen atoms in total. The molecule has 1 atom stereocenters. The summed E-state index contributed by atoms with van der Waals surface area (Å²) in [6.45, 7) is 1.66. The van der Waals surface area contributed by atoms with Crippen molar-refractivity contribution < 1.29 is 14.3 Å². The van der Waals surface area contributed by atoms with Crippen molar-refractivity contribution in [1.29, 1.82) is 0 Å². The lowest BCUT2D eigenvalue weighted by Gasteiger charge is -2.26. The van der Waals surface area contributed by atoms with Crippen LogP contribution in [0.4, 0.5) is 0 Å². The number of nitrogens with one attached hydrogen (secondary N) is 1. The van der Waals surface area contributed by atoms with E-state index in [2.05, 4.69) is 27.0 Å². The van der Waals surface area contributed by atoms with Crippen molar-refractivity contribution in [2.45, 2.75) is 19.3 Å². The van der Waals surface area contributed by atoms with E-state index in [4.69, 9.17) is 9.47 Å². The summed E-state index contributed by atoms with van der Waals surface area (Å²) in [6, 6.07) is 10.1. The molecule has 1 aromatic heterocycles. The van der Waals surface area contributed by atoms with Gasteiger partial charge in [-0.15, -0.1) is 0 Å². The van der Waals surface area contributed by atoms with Crippen molar-refractivity contribution in [2.75, 3.05) is 20.3 Å². The van der Waals surface area contributed by atoms with Crippen molar-refractivity contribution in [3.8, 4) is 11.3 Å². The summed E-state index contributed by atoms with van der Waals surface area (Å²) >= 11 is 0. The monoisotopic (exact) mass is 301 g/mol. The number of nitrogens with zero attached hydrogens (tertiary/aromatic N) is 2. The maximum absolute atomic E-state index is 11.5. The fourth-order valence-electron chi connectivity index (χ4n) is 2.55. The second-order valence-electron chi connectivity index (χ2n) is 5.21. The van der Waals surface area contributed by atoms with Crippen molar-refractivity contribution >= 4 is 5.91 Å². The van der Waals surface area contributed by atoms with Gasteiger partial charge in [0.05, 0.1) is 24.5 Å². The fourth-order valence-corrected chi connectivity index (χ4v) is 2.55. The summed E-state index contributed by atoms with van der Waals surface area (Å²) in [4.78, 5) is 15.9. The van der Waals surface area contributed by atoms with Gasteiger partial charge in [-0.3, -0.25) is 4.79 Å². The number of hydrogen-bond acceptors (Lipinski definition) is 4. The van der Waals surface area contributed by atoms with E-state index < -0.39 is 0 Å². The molecule has 0 saturated carbocycles. The fraction of sp³-hybridized carbons (Fsp3) is 0.375. The molecular weight excluding hydrogens is 282 g/mol. The summed E-state index contributed by atoms with van der Waals surface area (Å²) in [7, 11) is 1.50. The largest absolute Gasteiger partial charge is 0.375 e. The first kappa shape index (κ1) is 14.7. The van der Waals surface area contributed by atoms with E-state index in [1.54, 1.807) is 0 Å². The number of carbonyl (C=O) groups is 1. The summed E-state index contributed by atoms with van der Waals surface area (Å²) in [5.41, 5.74) is 2.21. The molecule has 2 aromatic rings. The first-order valence-electron chi connectivity index (χ1n) is 7.25. The van der Waals surface area contributed by atoms with Crippen LogP contribution in [0.1, 0.15) is 5.82 Å². The molecule has 2 heterocycles. The quantitative estimate of drug-likeness (QED) is 0.901. The number of rotatable bonds is 5. The molecule has 0 saturated heterocycles. The predicted octanol–water partition coefficient (Wildman–Crippen LogP) is 1.21.